The Hall–Kier alpha value is -2.00. The highest BCUT2D eigenvalue weighted by Gasteiger charge is 2.34. The van der Waals surface area contributed by atoms with Gasteiger partial charge in [-0.3, -0.25) is 14.7 Å². The van der Waals surface area contributed by atoms with Gasteiger partial charge in [0.25, 0.3) is 0 Å². The van der Waals surface area contributed by atoms with Crippen LogP contribution in [0.5, 0.6) is 0 Å². The van der Waals surface area contributed by atoms with Gasteiger partial charge in [-0.1, -0.05) is 0 Å². The summed E-state index contributed by atoms with van der Waals surface area (Å²) in [5, 5.41) is 7.08. The lowest BCUT2D eigenvalue weighted by Crippen LogP contribution is -2.42. The predicted molar refractivity (Wildman–Crippen MR) is 92.2 cm³/mol. The first-order chi connectivity index (χ1) is 12.6. The van der Waals surface area contributed by atoms with Crippen molar-refractivity contribution in [1.29, 1.82) is 0 Å². The number of amides is 2. The summed E-state index contributed by atoms with van der Waals surface area (Å²) in [5.41, 5.74) is 0. The first-order valence-corrected chi connectivity index (χ1v) is 9.14. The molecule has 9 nitrogen and oxygen atoms in total. The van der Waals surface area contributed by atoms with E-state index in [0.29, 0.717) is 50.9 Å². The summed E-state index contributed by atoms with van der Waals surface area (Å²) in [5.74, 6) is 1.37. The number of aryl methyl sites for hydroxylation is 1. The maximum atomic E-state index is 12.9. The van der Waals surface area contributed by atoms with E-state index >= 15 is 0 Å². The zero-order valence-electron chi connectivity index (χ0n) is 15.4. The molecule has 3 rings (SSSR count). The van der Waals surface area contributed by atoms with Crippen LogP contribution < -0.4 is 0 Å². The highest BCUT2D eigenvalue weighted by molar-refractivity contribution is 5.80. The fourth-order valence-electron chi connectivity index (χ4n) is 3.64. The van der Waals surface area contributed by atoms with Crippen molar-refractivity contribution in [1.82, 2.24) is 25.0 Å². The lowest BCUT2D eigenvalue weighted by molar-refractivity contribution is -0.140. The number of nitrogens with one attached hydrogen (secondary N) is 1. The Morgan fingerprint density at radius 3 is 2.65 bits per heavy atom. The smallest absolute Gasteiger partial charge is 0.249 e. The second kappa shape index (κ2) is 8.59. The minimum Gasteiger partial charge on any atom is -0.381 e. The SMILES string of the molecule is COCC(=O)N1CCN(C(=O)C2CCOCC2)CCC1c1n[nH]c(C)n1. The highest BCUT2D eigenvalue weighted by Crippen LogP contribution is 2.26. The van der Waals surface area contributed by atoms with E-state index < -0.39 is 0 Å². The van der Waals surface area contributed by atoms with Crippen LogP contribution >= 0.6 is 0 Å². The Kier molecular flexibility index (Phi) is 6.20. The summed E-state index contributed by atoms with van der Waals surface area (Å²) in [6.07, 6.45) is 2.15. The molecule has 0 radical (unpaired) electrons. The number of carbonyl (C=O) groups excluding carboxylic acids is 2. The van der Waals surface area contributed by atoms with Crippen molar-refractivity contribution < 1.29 is 19.1 Å². The molecule has 2 fully saturated rings. The van der Waals surface area contributed by atoms with E-state index in [9.17, 15) is 9.59 Å². The van der Waals surface area contributed by atoms with Gasteiger partial charge in [0.2, 0.25) is 11.8 Å². The molecule has 9 heteroatoms. The van der Waals surface area contributed by atoms with Crippen molar-refractivity contribution in [3.63, 3.8) is 0 Å². The standard InChI is InChI=1S/C17H27N5O4/c1-12-18-16(20-19-12)14-3-6-21(7-8-22(14)15(23)11-25-2)17(24)13-4-9-26-10-5-13/h13-14H,3-11H2,1-2H3,(H,18,19,20). The van der Waals surface area contributed by atoms with Crippen LogP contribution in [-0.2, 0) is 19.1 Å². The van der Waals surface area contributed by atoms with Gasteiger partial charge in [0.15, 0.2) is 5.82 Å². The zero-order valence-corrected chi connectivity index (χ0v) is 15.4. The number of hydrogen-bond donors (Lipinski definition) is 1. The van der Waals surface area contributed by atoms with E-state index in [-0.39, 0.29) is 30.4 Å². The average molecular weight is 365 g/mol. The number of aromatic nitrogens is 3. The molecule has 2 aliphatic heterocycles. The van der Waals surface area contributed by atoms with Gasteiger partial charge in [-0.25, -0.2) is 4.98 Å². The number of ether oxygens (including phenoxy) is 2. The summed E-state index contributed by atoms with van der Waals surface area (Å²) >= 11 is 0. The number of H-pyrrole nitrogens is 1. The molecule has 1 unspecified atom stereocenters. The van der Waals surface area contributed by atoms with Gasteiger partial charge in [0, 0.05) is 45.9 Å². The molecule has 1 aromatic heterocycles. The summed E-state index contributed by atoms with van der Waals surface area (Å²) in [4.78, 5) is 33.4. The monoisotopic (exact) mass is 365 g/mol. The molecule has 1 atom stereocenters. The van der Waals surface area contributed by atoms with Crippen LogP contribution in [0.3, 0.4) is 0 Å². The van der Waals surface area contributed by atoms with Gasteiger partial charge in [-0.2, -0.15) is 5.10 Å². The molecule has 144 valence electrons. The van der Waals surface area contributed by atoms with Gasteiger partial charge in [0.1, 0.15) is 12.4 Å². The molecule has 0 spiro atoms. The van der Waals surface area contributed by atoms with E-state index in [4.69, 9.17) is 9.47 Å². The number of nitrogens with zero attached hydrogens (tertiary/aromatic N) is 4. The molecule has 2 amide bonds. The normalized spacial score (nSPS) is 22.3. The van der Waals surface area contributed by atoms with E-state index in [2.05, 4.69) is 15.2 Å². The maximum Gasteiger partial charge on any atom is 0.249 e. The minimum atomic E-state index is -0.255. The van der Waals surface area contributed by atoms with Crippen molar-refractivity contribution >= 4 is 11.8 Å². The maximum absolute atomic E-state index is 12.9. The Balaban J connectivity index is 1.74. The van der Waals surface area contributed by atoms with Crippen LogP contribution in [0.2, 0.25) is 0 Å². The molecule has 2 aliphatic rings. The van der Waals surface area contributed by atoms with Crippen molar-refractivity contribution in [2.45, 2.75) is 32.2 Å². The molecule has 1 N–H and O–H groups in total. The Morgan fingerprint density at radius 2 is 2.00 bits per heavy atom. The molecule has 0 bridgehead atoms. The summed E-state index contributed by atoms with van der Waals surface area (Å²) in [6, 6.07) is -0.255. The largest absolute Gasteiger partial charge is 0.381 e. The van der Waals surface area contributed by atoms with E-state index in [0.717, 1.165) is 12.8 Å². The van der Waals surface area contributed by atoms with E-state index in [1.54, 1.807) is 4.90 Å². The van der Waals surface area contributed by atoms with Crippen LogP contribution in [0.15, 0.2) is 0 Å². The number of hydrogen-bond acceptors (Lipinski definition) is 6. The molecule has 0 aromatic carbocycles. The van der Waals surface area contributed by atoms with E-state index in [1.165, 1.54) is 7.11 Å². The molecule has 3 heterocycles. The number of methoxy groups -OCH3 is 1. The van der Waals surface area contributed by atoms with Gasteiger partial charge in [0.05, 0.1) is 6.04 Å². The van der Waals surface area contributed by atoms with Crippen LogP contribution in [0.4, 0.5) is 0 Å². The second-order valence-electron chi connectivity index (χ2n) is 6.82. The third-order valence-electron chi connectivity index (χ3n) is 5.04. The van der Waals surface area contributed by atoms with E-state index in [1.807, 2.05) is 11.8 Å². The molecule has 0 aliphatic carbocycles. The Bertz CT molecular complexity index is 628. The number of carbonyl (C=O) groups is 2. The molecule has 0 saturated carbocycles. The topological polar surface area (TPSA) is 101 Å². The fraction of sp³-hybridized carbons (Fsp3) is 0.765. The molecule has 26 heavy (non-hydrogen) atoms. The predicted octanol–water partition coefficient (Wildman–Crippen LogP) is 0.288. The first-order valence-electron chi connectivity index (χ1n) is 9.14. The summed E-state index contributed by atoms with van der Waals surface area (Å²) in [6.45, 7) is 4.68. The Labute approximate surface area is 153 Å². The van der Waals surface area contributed by atoms with Crippen LogP contribution in [0.1, 0.15) is 37.0 Å². The van der Waals surface area contributed by atoms with Crippen molar-refractivity contribution in [2.24, 2.45) is 5.92 Å². The van der Waals surface area contributed by atoms with Crippen molar-refractivity contribution in [3.05, 3.63) is 11.6 Å². The molecule has 2 saturated heterocycles. The number of rotatable bonds is 4. The quantitative estimate of drug-likeness (QED) is 0.823. The molecular weight excluding hydrogens is 338 g/mol. The third-order valence-corrected chi connectivity index (χ3v) is 5.04. The lowest BCUT2D eigenvalue weighted by Gasteiger charge is -2.28. The van der Waals surface area contributed by atoms with Crippen LogP contribution in [0.25, 0.3) is 0 Å². The average Bonchev–Trinajstić information content (AvgIpc) is 2.96. The van der Waals surface area contributed by atoms with Crippen molar-refractivity contribution in [2.75, 3.05) is 46.6 Å². The second-order valence-corrected chi connectivity index (χ2v) is 6.82. The lowest BCUT2D eigenvalue weighted by atomic mass is 9.98. The van der Waals surface area contributed by atoms with Gasteiger partial charge >= 0.3 is 0 Å². The van der Waals surface area contributed by atoms with Gasteiger partial charge in [-0.15, -0.1) is 0 Å². The third kappa shape index (κ3) is 4.21. The first kappa shape index (κ1) is 18.8. The Morgan fingerprint density at radius 1 is 1.23 bits per heavy atom. The fourth-order valence-corrected chi connectivity index (χ4v) is 3.64. The molecule has 1 aromatic rings. The van der Waals surface area contributed by atoms with Gasteiger partial charge < -0.3 is 19.3 Å². The van der Waals surface area contributed by atoms with Gasteiger partial charge in [-0.05, 0) is 26.2 Å². The number of aromatic amines is 1. The summed E-state index contributed by atoms with van der Waals surface area (Å²) < 4.78 is 10.4. The molecular formula is C17H27N5O4. The van der Waals surface area contributed by atoms with Crippen molar-refractivity contribution in [3.8, 4) is 0 Å². The summed E-state index contributed by atoms with van der Waals surface area (Å²) in [7, 11) is 1.50. The minimum absolute atomic E-state index is 0.00775. The van der Waals surface area contributed by atoms with Crippen LogP contribution in [-0.4, -0.2) is 83.4 Å². The van der Waals surface area contributed by atoms with Crippen LogP contribution in [0, 0.1) is 12.8 Å². The highest BCUT2D eigenvalue weighted by atomic mass is 16.5. The zero-order chi connectivity index (χ0) is 18.5.